The summed E-state index contributed by atoms with van der Waals surface area (Å²) >= 11 is 0. The van der Waals surface area contributed by atoms with Gasteiger partial charge in [0.15, 0.2) is 0 Å². The summed E-state index contributed by atoms with van der Waals surface area (Å²) in [5.41, 5.74) is 1.16. The van der Waals surface area contributed by atoms with E-state index in [4.69, 9.17) is 9.47 Å². The number of hydrogen-bond donors (Lipinski definition) is 1. The first-order valence-electron chi connectivity index (χ1n) is 13.2. The van der Waals surface area contributed by atoms with Crippen LogP contribution in [0.25, 0.3) is 0 Å². The highest BCUT2D eigenvalue weighted by Gasteiger charge is 2.08. The summed E-state index contributed by atoms with van der Waals surface area (Å²) in [6.07, 6.45) is 20.7. The van der Waals surface area contributed by atoms with Crippen LogP contribution in [0.3, 0.4) is 0 Å². The zero-order valence-electron chi connectivity index (χ0n) is 20.4. The molecule has 1 aromatic rings. The molecule has 1 N–H and O–H groups in total. The molecule has 1 unspecified atom stereocenters. The maximum absolute atomic E-state index is 9.50. The van der Waals surface area contributed by atoms with Crippen LogP contribution >= 0.6 is 0 Å². The topological polar surface area (TPSA) is 38.7 Å². The lowest BCUT2D eigenvalue weighted by Gasteiger charge is -2.15. The van der Waals surface area contributed by atoms with Gasteiger partial charge in [0.05, 0.1) is 26.4 Å². The predicted octanol–water partition coefficient (Wildman–Crippen LogP) is 7.70. The molecule has 0 fully saturated rings. The first-order chi connectivity index (χ1) is 15.4. The first kappa shape index (κ1) is 28.1. The fourth-order valence-corrected chi connectivity index (χ4v) is 3.90. The van der Waals surface area contributed by atoms with Gasteiger partial charge in [-0.3, -0.25) is 0 Å². The van der Waals surface area contributed by atoms with Gasteiger partial charge in [0.25, 0.3) is 0 Å². The van der Waals surface area contributed by atoms with Gasteiger partial charge in [0.2, 0.25) is 0 Å². The molecule has 0 aliphatic rings. The highest BCUT2D eigenvalue weighted by Crippen LogP contribution is 2.13. The maximum Gasteiger partial charge on any atom is 0.0717 e. The van der Waals surface area contributed by atoms with E-state index in [9.17, 15) is 5.11 Å². The molecule has 1 aromatic carbocycles. The van der Waals surface area contributed by atoms with Crippen molar-refractivity contribution in [1.82, 2.24) is 0 Å². The van der Waals surface area contributed by atoms with Crippen molar-refractivity contribution in [3.05, 3.63) is 35.9 Å². The van der Waals surface area contributed by atoms with E-state index in [0.29, 0.717) is 19.8 Å². The lowest BCUT2D eigenvalue weighted by molar-refractivity contribution is 0.00978. The van der Waals surface area contributed by atoms with Crippen LogP contribution in [0.15, 0.2) is 30.3 Å². The minimum atomic E-state index is 0.0695. The van der Waals surface area contributed by atoms with Crippen LogP contribution in [-0.2, 0) is 16.1 Å². The second kappa shape index (κ2) is 22.3. The third-order valence-electron chi connectivity index (χ3n) is 5.97. The average molecular weight is 435 g/mol. The number of benzene rings is 1. The molecule has 3 heteroatoms. The van der Waals surface area contributed by atoms with E-state index in [0.717, 1.165) is 18.6 Å². The lowest BCUT2D eigenvalue weighted by atomic mass is 10.0. The van der Waals surface area contributed by atoms with Crippen molar-refractivity contribution in [3.63, 3.8) is 0 Å². The van der Waals surface area contributed by atoms with Crippen LogP contribution in [0.5, 0.6) is 0 Å². The highest BCUT2D eigenvalue weighted by atomic mass is 16.5. The molecular formula is C28H50O3. The van der Waals surface area contributed by atoms with Crippen molar-refractivity contribution in [2.75, 3.05) is 26.4 Å². The standard InChI is InChI=1S/C28H50O3/c1-2-3-4-5-6-7-8-9-10-11-12-13-14-15-19-22-30-25-28(23-29)26-31-24-27-20-17-16-18-21-27/h16-18,20-21,28-29H,2-15,19,22-26H2,1H3. The molecule has 0 bridgehead atoms. The Morgan fingerprint density at radius 3 is 1.65 bits per heavy atom. The normalized spacial score (nSPS) is 12.3. The monoisotopic (exact) mass is 434 g/mol. The van der Waals surface area contributed by atoms with E-state index in [1.165, 1.54) is 89.9 Å². The minimum Gasteiger partial charge on any atom is -0.396 e. The Morgan fingerprint density at radius 1 is 0.645 bits per heavy atom. The molecule has 31 heavy (non-hydrogen) atoms. The summed E-state index contributed by atoms with van der Waals surface area (Å²) in [7, 11) is 0. The van der Waals surface area contributed by atoms with Gasteiger partial charge in [-0.25, -0.2) is 0 Å². The summed E-state index contributed by atoms with van der Waals surface area (Å²) in [5.74, 6) is 0.0695. The Morgan fingerprint density at radius 2 is 1.13 bits per heavy atom. The number of aliphatic hydroxyl groups is 1. The van der Waals surface area contributed by atoms with Gasteiger partial charge >= 0.3 is 0 Å². The SMILES string of the molecule is CCCCCCCCCCCCCCCCCOCC(CO)COCc1ccccc1. The lowest BCUT2D eigenvalue weighted by Crippen LogP contribution is -2.20. The number of unbranched alkanes of at least 4 members (excludes halogenated alkanes) is 14. The largest absolute Gasteiger partial charge is 0.396 e. The van der Waals surface area contributed by atoms with Gasteiger partial charge in [-0.2, -0.15) is 0 Å². The van der Waals surface area contributed by atoms with E-state index in [1.807, 2.05) is 18.2 Å². The number of ether oxygens (including phenoxy) is 2. The molecule has 0 heterocycles. The number of rotatable bonds is 23. The summed E-state index contributed by atoms with van der Waals surface area (Å²) < 4.78 is 11.5. The zero-order chi connectivity index (χ0) is 22.2. The fraction of sp³-hybridized carbons (Fsp3) is 0.786. The second-order valence-electron chi connectivity index (χ2n) is 9.07. The van der Waals surface area contributed by atoms with E-state index in [1.54, 1.807) is 0 Å². The minimum absolute atomic E-state index is 0.0695. The Kier molecular flexibility index (Phi) is 20.2. The summed E-state index contributed by atoms with van der Waals surface area (Å²) in [4.78, 5) is 0. The van der Waals surface area contributed by atoms with Crippen LogP contribution in [-0.4, -0.2) is 31.5 Å². The molecule has 1 atom stereocenters. The predicted molar refractivity (Wildman–Crippen MR) is 132 cm³/mol. The number of aliphatic hydroxyl groups excluding tert-OH is 1. The Balaban J connectivity index is 1.79. The van der Waals surface area contributed by atoms with Gasteiger partial charge in [0, 0.05) is 12.5 Å². The molecule has 180 valence electrons. The molecule has 3 nitrogen and oxygen atoms in total. The van der Waals surface area contributed by atoms with Crippen molar-refractivity contribution in [2.24, 2.45) is 5.92 Å². The van der Waals surface area contributed by atoms with Crippen molar-refractivity contribution < 1.29 is 14.6 Å². The smallest absolute Gasteiger partial charge is 0.0717 e. The van der Waals surface area contributed by atoms with Crippen LogP contribution in [0, 0.1) is 5.92 Å². The van der Waals surface area contributed by atoms with Gasteiger partial charge in [-0.1, -0.05) is 127 Å². The second-order valence-corrected chi connectivity index (χ2v) is 9.07. The molecule has 0 aliphatic heterocycles. The van der Waals surface area contributed by atoms with Crippen molar-refractivity contribution in [3.8, 4) is 0 Å². The Bertz CT molecular complexity index is 463. The molecule has 1 rings (SSSR count). The third-order valence-corrected chi connectivity index (χ3v) is 5.97. The average Bonchev–Trinajstić information content (AvgIpc) is 2.80. The quantitative estimate of drug-likeness (QED) is 0.179. The van der Waals surface area contributed by atoms with Crippen LogP contribution in [0.2, 0.25) is 0 Å². The van der Waals surface area contributed by atoms with Crippen LogP contribution in [0.4, 0.5) is 0 Å². The van der Waals surface area contributed by atoms with E-state index in [-0.39, 0.29) is 12.5 Å². The van der Waals surface area contributed by atoms with E-state index >= 15 is 0 Å². The van der Waals surface area contributed by atoms with Crippen molar-refractivity contribution >= 4 is 0 Å². The molecule has 0 aliphatic carbocycles. The molecule has 0 radical (unpaired) electrons. The zero-order valence-corrected chi connectivity index (χ0v) is 20.4. The first-order valence-corrected chi connectivity index (χ1v) is 13.2. The molecule has 0 spiro atoms. The Labute approximate surface area is 192 Å². The highest BCUT2D eigenvalue weighted by molar-refractivity contribution is 5.13. The number of hydrogen-bond acceptors (Lipinski definition) is 3. The van der Waals surface area contributed by atoms with Crippen molar-refractivity contribution in [2.45, 2.75) is 110 Å². The Hall–Kier alpha value is -0.900. The summed E-state index contributed by atoms with van der Waals surface area (Å²) in [6.45, 7) is 4.93. The molecule has 0 aromatic heterocycles. The molecule has 0 saturated carbocycles. The van der Waals surface area contributed by atoms with E-state index < -0.39 is 0 Å². The van der Waals surface area contributed by atoms with Gasteiger partial charge in [-0.05, 0) is 12.0 Å². The maximum atomic E-state index is 9.50. The molecule has 0 saturated heterocycles. The van der Waals surface area contributed by atoms with Gasteiger partial charge in [0.1, 0.15) is 0 Å². The van der Waals surface area contributed by atoms with Crippen LogP contribution in [0.1, 0.15) is 109 Å². The summed E-state index contributed by atoms with van der Waals surface area (Å²) in [5, 5.41) is 9.50. The molecule has 0 amide bonds. The summed E-state index contributed by atoms with van der Waals surface area (Å²) in [6, 6.07) is 10.2. The van der Waals surface area contributed by atoms with Gasteiger partial charge in [-0.15, -0.1) is 0 Å². The van der Waals surface area contributed by atoms with E-state index in [2.05, 4.69) is 19.1 Å². The molecular weight excluding hydrogens is 384 g/mol. The third kappa shape index (κ3) is 18.4. The van der Waals surface area contributed by atoms with Gasteiger partial charge < -0.3 is 14.6 Å². The fourth-order valence-electron chi connectivity index (χ4n) is 3.90. The van der Waals surface area contributed by atoms with Crippen LogP contribution < -0.4 is 0 Å². The van der Waals surface area contributed by atoms with Crippen molar-refractivity contribution in [1.29, 1.82) is 0 Å².